The summed E-state index contributed by atoms with van der Waals surface area (Å²) in [7, 11) is 3.41. The molecule has 0 amide bonds. The van der Waals surface area contributed by atoms with E-state index in [1.54, 1.807) is 14.2 Å². The predicted molar refractivity (Wildman–Crippen MR) is 73.3 cm³/mol. The summed E-state index contributed by atoms with van der Waals surface area (Å²) in [6.45, 7) is 2.29. The van der Waals surface area contributed by atoms with Crippen LogP contribution in [0.1, 0.15) is 37.7 Å². The molecular formula is C15H23NO2. The molecular weight excluding hydrogens is 226 g/mol. The molecule has 2 rings (SSSR count). The molecule has 3 nitrogen and oxygen atoms in total. The SMILES string of the molecule is COc1cccc(OC)c1C1CC(C)CCC1N. The van der Waals surface area contributed by atoms with Crippen molar-refractivity contribution in [1.82, 2.24) is 0 Å². The highest BCUT2D eigenvalue weighted by Gasteiger charge is 2.31. The van der Waals surface area contributed by atoms with Crippen LogP contribution >= 0.6 is 0 Å². The van der Waals surface area contributed by atoms with Crippen molar-refractivity contribution in [2.24, 2.45) is 11.7 Å². The van der Waals surface area contributed by atoms with Crippen molar-refractivity contribution in [3.63, 3.8) is 0 Å². The molecule has 1 aromatic carbocycles. The van der Waals surface area contributed by atoms with Crippen LogP contribution in [0.15, 0.2) is 18.2 Å². The maximum Gasteiger partial charge on any atom is 0.126 e. The van der Waals surface area contributed by atoms with Crippen LogP contribution < -0.4 is 15.2 Å². The predicted octanol–water partition coefficient (Wildman–Crippen LogP) is 2.93. The summed E-state index contributed by atoms with van der Waals surface area (Å²) in [6.07, 6.45) is 3.40. The molecule has 3 unspecified atom stereocenters. The number of hydrogen-bond acceptors (Lipinski definition) is 3. The van der Waals surface area contributed by atoms with Gasteiger partial charge in [0.15, 0.2) is 0 Å². The molecule has 1 aliphatic rings. The van der Waals surface area contributed by atoms with Gasteiger partial charge in [-0.15, -0.1) is 0 Å². The third kappa shape index (κ3) is 2.46. The Kier molecular flexibility index (Phi) is 4.12. The van der Waals surface area contributed by atoms with Gasteiger partial charge < -0.3 is 15.2 Å². The van der Waals surface area contributed by atoms with Gasteiger partial charge >= 0.3 is 0 Å². The quantitative estimate of drug-likeness (QED) is 0.895. The van der Waals surface area contributed by atoms with E-state index in [9.17, 15) is 0 Å². The van der Waals surface area contributed by atoms with E-state index in [1.165, 1.54) is 6.42 Å². The first-order valence-corrected chi connectivity index (χ1v) is 6.63. The van der Waals surface area contributed by atoms with Crippen LogP contribution in [0.4, 0.5) is 0 Å². The van der Waals surface area contributed by atoms with Gasteiger partial charge in [0, 0.05) is 17.5 Å². The molecule has 0 bridgehead atoms. The number of hydrogen-bond donors (Lipinski definition) is 1. The Balaban J connectivity index is 2.41. The van der Waals surface area contributed by atoms with E-state index in [2.05, 4.69) is 6.92 Å². The average molecular weight is 249 g/mol. The average Bonchev–Trinajstić information content (AvgIpc) is 2.40. The van der Waals surface area contributed by atoms with Gasteiger partial charge in [-0.05, 0) is 37.3 Å². The summed E-state index contributed by atoms with van der Waals surface area (Å²) in [5.41, 5.74) is 7.45. The Morgan fingerprint density at radius 2 is 1.72 bits per heavy atom. The molecule has 3 atom stereocenters. The first-order chi connectivity index (χ1) is 8.67. The standard InChI is InChI=1S/C15H23NO2/c1-10-7-8-12(16)11(9-10)15-13(17-2)5-4-6-14(15)18-3/h4-6,10-12H,7-9,16H2,1-3H3. The molecule has 1 saturated carbocycles. The zero-order valence-electron chi connectivity index (χ0n) is 11.5. The van der Waals surface area contributed by atoms with Crippen LogP contribution in [0.25, 0.3) is 0 Å². The lowest BCUT2D eigenvalue weighted by atomic mass is 9.75. The second kappa shape index (κ2) is 5.61. The number of ether oxygens (including phenoxy) is 2. The number of benzene rings is 1. The smallest absolute Gasteiger partial charge is 0.126 e. The molecule has 100 valence electrons. The highest BCUT2D eigenvalue weighted by atomic mass is 16.5. The minimum absolute atomic E-state index is 0.200. The van der Waals surface area contributed by atoms with Crippen LogP contribution in [0, 0.1) is 5.92 Å². The molecule has 18 heavy (non-hydrogen) atoms. The van der Waals surface area contributed by atoms with E-state index < -0.39 is 0 Å². The summed E-state index contributed by atoms with van der Waals surface area (Å²) in [5.74, 6) is 2.83. The monoisotopic (exact) mass is 249 g/mol. The Hall–Kier alpha value is -1.22. The minimum atomic E-state index is 0.200. The Bertz CT molecular complexity index is 383. The molecule has 2 N–H and O–H groups in total. The lowest BCUT2D eigenvalue weighted by Crippen LogP contribution is -2.34. The van der Waals surface area contributed by atoms with E-state index in [0.29, 0.717) is 11.8 Å². The molecule has 0 heterocycles. The van der Waals surface area contributed by atoms with Gasteiger partial charge in [0.25, 0.3) is 0 Å². The molecule has 3 heteroatoms. The first kappa shape index (κ1) is 13.2. The third-order valence-electron chi connectivity index (χ3n) is 4.00. The fourth-order valence-corrected chi connectivity index (χ4v) is 2.98. The second-order valence-corrected chi connectivity index (χ2v) is 5.26. The van der Waals surface area contributed by atoms with Gasteiger partial charge in [0.1, 0.15) is 11.5 Å². The van der Waals surface area contributed by atoms with Crippen molar-refractivity contribution in [2.75, 3.05) is 14.2 Å². The van der Waals surface area contributed by atoms with Crippen LogP contribution in [0.3, 0.4) is 0 Å². The zero-order valence-corrected chi connectivity index (χ0v) is 11.5. The van der Waals surface area contributed by atoms with Gasteiger partial charge in [-0.2, -0.15) is 0 Å². The number of nitrogens with two attached hydrogens (primary N) is 1. The van der Waals surface area contributed by atoms with Gasteiger partial charge in [-0.3, -0.25) is 0 Å². The van der Waals surface area contributed by atoms with E-state index >= 15 is 0 Å². The molecule has 0 spiro atoms. The summed E-state index contributed by atoms with van der Waals surface area (Å²) in [6, 6.07) is 6.14. The molecule has 0 aliphatic heterocycles. The van der Waals surface area contributed by atoms with Gasteiger partial charge in [-0.25, -0.2) is 0 Å². The van der Waals surface area contributed by atoms with Crippen molar-refractivity contribution >= 4 is 0 Å². The highest BCUT2D eigenvalue weighted by Crippen LogP contribution is 2.43. The third-order valence-corrected chi connectivity index (χ3v) is 4.00. The maximum atomic E-state index is 6.31. The number of rotatable bonds is 3. The molecule has 0 saturated heterocycles. The fraction of sp³-hybridized carbons (Fsp3) is 0.600. The lowest BCUT2D eigenvalue weighted by molar-refractivity contribution is 0.289. The maximum absolute atomic E-state index is 6.31. The van der Waals surface area contributed by atoms with E-state index in [1.807, 2.05) is 18.2 Å². The van der Waals surface area contributed by atoms with Crippen molar-refractivity contribution in [3.8, 4) is 11.5 Å². The van der Waals surface area contributed by atoms with Gasteiger partial charge in [0.2, 0.25) is 0 Å². The fourth-order valence-electron chi connectivity index (χ4n) is 2.98. The van der Waals surface area contributed by atoms with Crippen molar-refractivity contribution in [1.29, 1.82) is 0 Å². The van der Waals surface area contributed by atoms with Crippen LogP contribution in [-0.2, 0) is 0 Å². The number of methoxy groups -OCH3 is 2. The molecule has 0 aromatic heterocycles. The minimum Gasteiger partial charge on any atom is -0.496 e. The normalized spacial score (nSPS) is 27.9. The van der Waals surface area contributed by atoms with Crippen LogP contribution in [-0.4, -0.2) is 20.3 Å². The first-order valence-electron chi connectivity index (χ1n) is 6.63. The summed E-state index contributed by atoms with van der Waals surface area (Å²) in [4.78, 5) is 0. The summed E-state index contributed by atoms with van der Waals surface area (Å²) < 4.78 is 11.0. The molecule has 0 radical (unpaired) electrons. The van der Waals surface area contributed by atoms with Crippen LogP contribution in [0.2, 0.25) is 0 Å². The van der Waals surface area contributed by atoms with Crippen molar-refractivity contribution in [3.05, 3.63) is 23.8 Å². The zero-order chi connectivity index (χ0) is 13.1. The second-order valence-electron chi connectivity index (χ2n) is 5.26. The lowest BCUT2D eigenvalue weighted by Gasteiger charge is -2.34. The Labute approximate surface area is 109 Å². The van der Waals surface area contributed by atoms with Gasteiger partial charge in [0.05, 0.1) is 14.2 Å². The Morgan fingerprint density at radius 3 is 2.28 bits per heavy atom. The molecule has 1 aliphatic carbocycles. The van der Waals surface area contributed by atoms with E-state index in [-0.39, 0.29) is 6.04 Å². The van der Waals surface area contributed by atoms with Gasteiger partial charge in [-0.1, -0.05) is 13.0 Å². The molecule has 1 aromatic rings. The Morgan fingerprint density at radius 1 is 1.11 bits per heavy atom. The van der Waals surface area contributed by atoms with E-state index in [4.69, 9.17) is 15.2 Å². The molecule has 1 fully saturated rings. The largest absolute Gasteiger partial charge is 0.496 e. The van der Waals surface area contributed by atoms with E-state index in [0.717, 1.165) is 29.9 Å². The summed E-state index contributed by atoms with van der Waals surface area (Å²) >= 11 is 0. The van der Waals surface area contributed by atoms with Crippen LogP contribution in [0.5, 0.6) is 11.5 Å². The summed E-state index contributed by atoms with van der Waals surface area (Å²) in [5, 5.41) is 0. The highest BCUT2D eigenvalue weighted by molar-refractivity contribution is 5.48. The topological polar surface area (TPSA) is 44.5 Å². The van der Waals surface area contributed by atoms with Crippen molar-refractivity contribution < 1.29 is 9.47 Å². The van der Waals surface area contributed by atoms with Crippen molar-refractivity contribution in [2.45, 2.75) is 38.1 Å².